The van der Waals surface area contributed by atoms with Gasteiger partial charge in [0.2, 0.25) is 0 Å². The molecule has 0 aliphatic heterocycles. The SMILES string of the molecule is COC(OC)c1ccc(-c2ccc(C(C=O)C=O)cc2)cc1. The second-order valence-corrected chi connectivity index (χ2v) is 4.85. The van der Waals surface area contributed by atoms with Crippen LogP contribution in [0.5, 0.6) is 0 Å². The minimum atomic E-state index is -0.694. The second-order valence-electron chi connectivity index (χ2n) is 4.85. The minimum absolute atomic E-state index is 0.377. The summed E-state index contributed by atoms with van der Waals surface area (Å²) in [6, 6.07) is 15.2. The normalized spacial score (nSPS) is 10.9. The Morgan fingerprint density at radius 2 is 1.14 bits per heavy atom. The first-order chi connectivity index (χ1) is 10.7. The summed E-state index contributed by atoms with van der Waals surface area (Å²) in [7, 11) is 3.19. The Labute approximate surface area is 129 Å². The van der Waals surface area contributed by atoms with Gasteiger partial charge in [-0.2, -0.15) is 0 Å². The zero-order valence-electron chi connectivity index (χ0n) is 12.6. The molecule has 0 fully saturated rings. The molecule has 0 bridgehead atoms. The molecule has 0 heterocycles. The summed E-state index contributed by atoms with van der Waals surface area (Å²) in [5.41, 5.74) is 3.68. The fourth-order valence-electron chi connectivity index (χ4n) is 2.29. The molecule has 0 aromatic heterocycles. The number of hydrogen-bond acceptors (Lipinski definition) is 4. The molecule has 114 valence electrons. The molecule has 22 heavy (non-hydrogen) atoms. The Bertz CT molecular complexity index is 605. The van der Waals surface area contributed by atoms with Crippen LogP contribution in [0.3, 0.4) is 0 Å². The maximum Gasteiger partial charge on any atom is 0.183 e. The first kappa shape index (κ1) is 16.1. The van der Waals surface area contributed by atoms with E-state index in [0.717, 1.165) is 16.7 Å². The van der Waals surface area contributed by atoms with Crippen LogP contribution >= 0.6 is 0 Å². The molecule has 2 aromatic rings. The van der Waals surface area contributed by atoms with Gasteiger partial charge in [-0.15, -0.1) is 0 Å². The molecule has 0 amide bonds. The first-order valence-corrected chi connectivity index (χ1v) is 6.90. The number of rotatable bonds is 7. The Balaban J connectivity index is 2.21. The molecular weight excluding hydrogens is 280 g/mol. The van der Waals surface area contributed by atoms with Crippen molar-refractivity contribution in [2.75, 3.05) is 14.2 Å². The van der Waals surface area contributed by atoms with Crippen molar-refractivity contribution >= 4 is 12.6 Å². The number of benzene rings is 2. The predicted octanol–water partition coefficient (Wildman–Crippen LogP) is 3.13. The predicted molar refractivity (Wildman–Crippen MR) is 83.5 cm³/mol. The number of carbonyl (C=O) groups is 2. The molecule has 0 radical (unpaired) electrons. The van der Waals surface area contributed by atoms with E-state index >= 15 is 0 Å². The number of methoxy groups -OCH3 is 2. The molecule has 0 spiro atoms. The molecule has 0 unspecified atom stereocenters. The molecular formula is C18H18O4. The van der Waals surface area contributed by atoms with E-state index in [1.54, 1.807) is 26.4 Å². The van der Waals surface area contributed by atoms with Crippen molar-refractivity contribution < 1.29 is 19.1 Å². The zero-order chi connectivity index (χ0) is 15.9. The molecule has 0 saturated carbocycles. The quantitative estimate of drug-likeness (QED) is 0.448. The lowest BCUT2D eigenvalue weighted by Gasteiger charge is -2.14. The lowest BCUT2D eigenvalue weighted by molar-refractivity contribution is -0.116. The fraction of sp³-hybridized carbons (Fsp3) is 0.222. The van der Waals surface area contributed by atoms with Gasteiger partial charge in [0, 0.05) is 19.8 Å². The Kier molecular flexibility index (Phi) is 5.58. The Morgan fingerprint density at radius 3 is 1.50 bits per heavy atom. The van der Waals surface area contributed by atoms with Crippen molar-refractivity contribution in [3.8, 4) is 11.1 Å². The third-order valence-corrected chi connectivity index (χ3v) is 3.53. The molecule has 0 atom stereocenters. The van der Waals surface area contributed by atoms with Crippen molar-refractivity contribution in [2.45, 2.75) is 12.2 Å². The van der Waals surface area contributed by atoms with Crippen LogP contribution in [0.1, 0.15) is 23.3 Å². The number of ether oxygens (including phenoxy) is 2. The number of aldehydes is 2. The summed E-state index contributed by atoms with van der Waals surface area (Å²) in [4.78, 5) is 21.6. The van der Waals surface area contributed by atoms with Crippen LogP contribution < -0.4 is 0 Å². The van der Waals surface area contributed by atoms with Gasteiger partial charge < -0.3 is 19.1 Å². The molecule has 0 N–H and O–H groups in total. The van der Waals surface area contributed by atoms with E-state index in [4.69, 9.17) is 9.47 Å². The molecule has 0 aliphatic rings. The summed E-state index contributed by atoms with van der Waals surface area (Å²) in [5, 5.41) is 0. The van der Waals surface area contributed by atoms with Crippen LogP contribution in [0.4, 0.5) is 0 Å². The summed E-state index contributed by atoms with van der Waals surface area (Å²) in [6.07, 6.45) is 0.913. The van der Waals surface area contributed by atoms with Gasteiger partial charge >= 0.3 is 0 Å². The molecule has 4 nitrogen and oxygen atoms in total. The Hall–Kier alpha value is -2.30. The van der Waals surface area contributed by atoms with Crippen molar-refractivity contribution in [1.82, 2.24) is 0 Å². The van der Waals surface area contributed by atoms with Gasteiger partial charge in [-0.25, -0.2) is 0 Å². The lowest BCUT2D eigenvalue weighted by Crippen LogP contribution is -2.03. The molecule has 0 aliphatic carbocycles. The van der Waals surface area contributed by atoms with Crippen LogP contribution in [0, 0.1) is 0 Å². The van der Waals surface area contributed by atoms with Gasteiger partial charge in [0.25, 0.3) is 0 Å². The highest BCUT2D eigenvalue weighted by Crippen LogP contribution is 2.25. The van der Waals surface area contributed by atoms with E-state index < -0.39 is 5.92 Å². The van der Waals surface area contributed by atoms with Gasteiger partial charge in [0.05, 0.1) is 5.92 Å². The maximum atomic E-state index is 10.8. The summed E-state index contributed by atoms with van der Waals surface area (Å²) < 4.78 is 10.4. The van der Waals surface area contributed by atoms with E-state index in [1.807, 2.05) is 36.4 Å². The van der Waals surface area contributed by atoms with Crippen molar-refractivity contribution in [2.24, 2.45) is 0 Å². The van der Waals surface area contributed by atoms with Crippen LogP contribution in [0.25, 0.3) is 11.1 Å². The second kappa shape index (κ2) is 7.64. The highest BCUT2D eigenvalue weighted by atomic mass is 16.7. The topological polar surface area (TPSA) is 52.6 Å². The van der Waals surface area contributed by atoms with Gasteiger partial charge in [-0.1, -0.05) is 48.5 Å². The van der Waals surface area contributed by atoms with Crippen molar-refractivity contribution in [3.05, 3.63) is 59.7 Å². The zero-order valence-corrected chi connectivity index (χ0v) is 12.6. The third kappa shape index (κ3) is 3.47. The fourth-order valence-corrected chi connectivity index (χ4v) is 2.29. The number of hydrogen-bond donors (Lipinski definition) is 0. The molecule has 0 saturated heterocycles. The summed E-state index contributed by atoms with van der Waals surface area (Å²) in [5.74, 6) is -0.694. The Morgan fingerprint density at radius 1 is 0.727 bits per heavy atom. The summed E-state index contributed by atoms with van der Waals surface area (Å²) in [6.45, 7) is 0. The lowest BCUT2D eigenvalue weighted by atomic mass is 9.97. The average Bonchev–Trinajstić information content (AvgIpc) is 2.58. The molecule has 2 rings (SSSR count). The third-order valence-electron chi connectivity index (χ3n) is 3.53. The first-order valence-electron chi connectivity index (χ1n) is 6.90. The van der Waals surface area contributed by atoms with Gasteiger partial charge in [0.1, 0.15) is 12.6 Å². The van der Waals surface area contributed by atoms with Crippen LogP contribution in [0.15, 0.2) is 48.5 Å². The highest BCUT2D eigenvalue weighted by molar-refractivity contribution is 5.85. The van der Waals surface area contributed by atoms with E-state index in [-0.39, 0.29) is 6.29 Å². The minimum Gasteiger partial charge on any atom is -0.352 e. The maximum absolute atomic E-state index is 10.8. The van der Waals surface area contributed by atoms with E-state index in [2.05, 4.69) is 0 Å². The van der Waals surface area contributed by atoms with E-state index in [0.29, 0.717) is 18.1 Å². The van der Waals surface area contributed by atoms with Crippen LogP contribution in [-0.4, -0.2) is 26.8 Å². The van der Waals surface area contributed by atoms with E-state index in [1.165, 1.54) is 0 Å². The van der Waals surface area contributed by atoms with Crippen molar-refractivity contribution in [1.29, 1.82) is 0 Å². The monoisotopic (exact) mass is 298 g/mol. The van der Waals surface area contributed by atoms with Gasteiger partial charge in [-0.05, 0) is 16.7 Å². The summed E-state index contributed by atoms with van der Waals surface area (Å²) >= 11 is 0. The number of carbonyl (C=O) groups excluding carboxylic acids is 2. The molecule has 2 aromatic carbocycles. The molecule has 4 heteroatoms. The average molecular weight is 298 g/mol. The van der Waals surface area contributed by atoms with Crippen LogP contribution in [-0.2, 0) is 19.1 Å². The van der Waals surface area contributed by atoms with Gasteiger partial charge in [0.15, 0.2) is 6.29 Å². The smallest absolute Gasteiger partial charge is 0.183 e. The standard InChI is InChI=1S/C18H18O4/c1-21-18(22-2)16-9-7-14(8-10-16)13-3-5-15(6-4-13)17(11-19)12-20/h3-12,17-18H,1-2H3. The van der Waals surface area contributed by atoms with E-state index in [9.17, 15) is 9.59 Å². The van der Waals surface area contributed by atoms with Crippen molar-refractivity contribution in [3.63, 3.8) is 0 Å². The largest absolute Gasteiger partial charge is 0.352 e. The van der Waals surface area contributed by atoms with Gasteiger partial charge in [-0.3, -0.25) is 0 Å². The van der Waals surface area contributed by atoms with Crippen LogP contribution in [0.2, 0.25) is 0 Å². The highest BCUT2D eigenvalue weighted by Gasteiger charge is 2.10.